The standard InChI is InChI=1S/C19H16F3IO/c20-19(21,22)16-7-3-1-5-14(16)13-10-9-12(13)11-18(24)15-6-2-4-8-17(15)23/h1-8,12-13H,9-11H2/t12-,13+/m0/s1. The van der Waals surface area contributed by atoms with Gasteiger partial charge in [-0.05, 0) is 65.0 Å². The molecule has 0 aliphatic heterocycles. The molecule has 1 fully saturated rings. The molecule has 0 heterocycles. The first-order chi connectivity index (χ1) is 11.4. The molecule has 0 saturated heterocycles. The van der Waals surface area contributed by atoms with E-state index in [0.29, 0.717) is 24.0 Å². The van der Waals surface area contributed by atoms with Gasteiger partial charge in [-0.3, -0.25) is 4.79 Å². The van der Waals surface area contributed by atoms with Gasteiger partial charge < -0.3 is 0 Å². The molecule has 24 heavy (non-hydrogen) atoms. The van der Waals surface area contributed by atoms with Crippen molar-refractivity contribution in [1.82, 2.24) is 0 Å². The Hall–Kier alpha value is -1.37. The number of benzene rings is 2. The van der Waals surface area contributed by atoms with Crippen LogP contribution in [0.15, 0.2) is 48.5 Å². The monoisotopic (exact) mass is 444 g/mol. The van der Waals surface area contributed by atoms with E-state index in [9.17, 15) is 18.0 Å². The minimum absolute atomic E-state index is 0.0131. The predicted molar refractivity (Wildman–Crippen MR) is 95.0 cm³/mol. The van der Waals surface area contributed by atoms with Crippen LogP contribution in [0.2, 0.25) is 0 Å². The molecular weight excluding hydrogens is 428 g/mol. The van der Waals surface area contributed by atoms with Crippen molar-refractivity contribution in [2.75, 3.05) is 0 Å². The number of hydrogen-bond donors (Lipinski definition) is 0. The first-order valence-corrected chi connectivity index (χ1v) is 8.89. The lowest BCUT2D eigenvalue weighted by Crippen LogP contribution is -2.28. The maximum atomic E-state index is 13.2. The van der Waals surface area contributed by atoms with E-state index in [0.717, 1.165) is 16.1 Å². The number of halogens is 4. The molecule has 0 amide bonds. The van der Waals surface area contributed by atoms with Gasteiger partial charge in [0.15, 0.2) is 5.78 Å². The van der Waals surface area contributed by atoms with Gasteiger partial charge in [0.25, 0.3) is 0 Å². The van der Waals surface area contributed by atoms with Crippen molar-refractivity contribution < 1.29 is 18.0 Å². The summed E-state index contributed by atoms with van der Waals surface area (Å²) in [6.07, 6.45) is -2.55. The molecule has 1 saturated carbocycles. The molecular formula is C19H16F3IO. The van der Waals surface area contributed by atoms with Crippen LogP contribution in [0.1, 0.15) is 46.7 Å². The maximum Gasteiger partial charge on any atom is 0.416 e. The van der Waals surface area contributed by atoms with Crippen molar-refractivity contribution in [3.63, 3.8) is 0 Å². The van der Waals surface area contributed by atoms with Crippen LogP contribution in [0.25, 0.3) is 0 Å². The Balaban J connectivity index is 1.79. The molecule has 0 spiro atoms. The summed E-state index contributed by atoms with van der Waals surface area (Å²) in [6.45, 7) is 0. The van der Waals surface area contributed by atoms with Crippen LogP contribution in [-0.2, 0) is 6.18 Å². The summed E-state index contributed by atoms with van der Waals surface area (Å²) in [5, 5.41) is 0. The van der Waals surface area contributed by atoms with E-state index in [1.807, 2.05) is 18.2 Å². The molecule has 1 nitrogen and oxygen atoms in total. The normalized spacial score (nSPS) is 20.5. The van der Waals surface area contributed by atoms with Gasteiger partial charge in [-0.1, -0.05) is 36.4 Å². The minimum atomic E-state index is -4.35. The molecule has 0 N–H and O–H groups in total. The highest BCUT2D eigenvalue weighted by molar-refractivity contribution is 14.1. The van der Waals surface area contributed by atoms with E-state index in [1.165, 1.54) is 6.07 Å². The van der Waals surface area contributed by atoms with E-state index in [4.69, 9.17) is 0 Å². The Morgan fingerprint density at radius 1 is 1.04 bits per heavy atom. The molecule has 2 atom stereocenters. The van der Waals surface area contributed by atoms with E-state index in [2.05, 4.69) is 22.6 Å². The third-order valence-corrected chi connectivity index (χ3v) is 5.65. The highest BCUT2D eigenvalue weighted by atomic mass is 127. The first-order valence-electron chi connectivity index (χ1n) is 7.82. The Labute approximate surface area is 152 Å². The number of hydrogen-bond acceptors (Lipinski definition) is 1. The van der Waals surface area contributed by atoms with E-state index >= 15 is 0 Å². The summed E-state index contributed by atoms with van der Waals surface area (Å²) < 4.78 is 40.5. The van der Waals surface area contributed by atoms with Gasteiger partial charge in [0.2, 0.25) is 0 Å². The van der Waals surface area contributed by atoms with Crippen molar-refractivity contribution in [3.05, 3.63) is 68.8 Å². The zero-order chi connectivity index (χ0) is 17.3. The van der Waals surface area contributed by atoms with Gasteiger partial charge in [0.1, 0.15) is 0 Å². The molecule has 1 aliphatic rings. The topological polar surface area (TPSA) is 17.1 Å². The fourth-order valence-corrected chi connectivity index (χ4v) is 4.02. The average molecular weight is 444 g/mol. The quantitative estimate of drug-likeness (QED) is 0.413. The molecule has 2 aromatic carbocycles. The second kappa shape index (κ2) is 6.86. The zero-order valence-electron chi connectivity index (χ0n) is 12.8. The summed E-state index contributed by atoms with van der Waals surface area (Å²) in [7, 11) is 0. The van der Waals surface area contributed by atoms with Crippen molar-refractivity contribution in [3.8, 4) is 0 Å². The lowest BCUT2D eigenvalue weighted by atomic mass is 9.66. The molecule has 5 heteroatoms. The van der Waals surface area contributed by atoms with Crippen LogP contribution in [0.5, 0.6) is 0 Å². The summed E-state index contributed by atoms with van der Waals surface area (Å²) in [5.74, 6) is -0.190. The van der Waals surface area contributed by atoms with Crippen LogP contribution < -0.4 is 0 Å². The third kappa shape index (κ3) is 3.50. The Morgan fingerprint density at radius 2 is 1.71 bits per heavy atom. The largest absolute Gasteiger partial charge is 0.416 e. The highest BCUT2D eigenvalue weighted by Gasteiger charge is 2.40. The zero-order valence-corrected chi connectivity index (χ0v) is 15.0. The van der Waals surface area contributed by atoms with Crippen LogP contribution in [0.4, 0.5) is 13.2 Å². The van der Waals surface area contributed by atoms with Crippen molar-refractivity contribution in [2.45, 2.75) is 31.4 Å². The van der Waals surface area contributed by atoms with Crippen LogP contribution in [-0.4, -0.2) is 5.78 Å². The fraction of sp³-hybridized carbons (Fsp3) is 0.316. The number of rotatable bonds is 4. The highest BCUT2D eigenvalue weighted by Crippen LogP contribution is 2.48. The molecule has 0 unspecified atom stereocenters. The van der Waals surface area contributed by atoms with Crippen LogP contribution in [0.3, 0.4) is 0 Å². The summed E-state index contributed by atoms with van der Waals surface area (Å²) in [5.41, 5.74) is 0.422. The summed E-state index contributed by atoms with van der Waals surface area (Å²) >= 11 is 2.12. The minimum Gasteiger partial charge on any atom is -0.294 e. The number of carbonyl (C=O) groups is 1. The second-order valence-electron chi connectivity index (χ2n) is 6.14. The smallest absolute Gasteiger partial charge is 0.294 e. The van der Waals surface area contributed by atoms with Gasteiger partial charge in [0.05, 0.1) is 5.56 Å². The Morgan fingerprint density at radius 3 is 2.33 bits per heavy atom. The van der Waals surface area contributed by atoms with Gasteiger partial charge >= 0.3 is 6.18 Å². The van der Waals surface area contributed by atoms with Crippen LogP contribution >= 0.6 is 22.6 Å². The number of alkyl halides is 3. The van der Waals surface area contributed by atoms with E-state index in [1.54, 1.807) is 18.2 Å². The van der Waals surface area contributed by atoms with Gasteiger partial charge in [-0.25, -0.2) is 0 Å². The van der Waals surface area contributed by atoms with Crippen molar-refractivity contribution >= 4 is 28.4 Å². The van der Waals surface area contributed by atoms with Crippen molar-refractivity contribution in [2.24, 2.45) is 5.92 Å². The lowest BCUT2D eigenvalue weighted by Gasteiger charge is -2.38. The van der Waals surface area contributed by atoms with Gasteiger partial charge in [-0.15, -0.1) is 0 Å². The molecule has 0 aromatic heterocycles. The molecule has 3 rings (SSSR count). The lowest BCUT2D eigenvalue weighted by molar-refractivity contribution is -0.138. The fourth-order valence-electron chi connectivity index (χ4n) is 3.34. The van der Waals surface area contributed by atoms with Gasteiger partial charge in [0, 0.05) is 15.6 Å². The number of carbonyl (C=O) groups excluding carboxylic acids is 1. The first kappa shape index (κ1) is 17.5. The Bertz CT molecular complexity index is 754. The Kier molecular flexibility index (Phi) is 4.99. The van der Waals surface area contributed by atoms with Crippen molar-refractivity contribution in [1.29, 1.82) is 0 Å². The molecule has 0 radical (unpaired) electrons. The second-order valence-corrected chi connectivity index (χ2v) is 7.30. The molecule has 2 aromatic rings. The van der Waals surface area contributed by atoms with Gasteiger partial charge in [-0.2, -0.15) is 13.2 Å². The predicted octanol–water partition coefficient (Wildman–Crippen LogP) is 6.08. The molecule has 0 bridgehead atoms. The number of Topliss-reactive ketones (excluding diaryl/α,β-unsaturated/α-hetero) is 1. The third-order valence-electron chi connectivity index (χ3n) is 4.71. The van der Waals surface area contributed by atoms with Crippen LogP contribution in [0, 0.1) is 9.49 Å². The van der Waals surface area contributed by atoms with E-state index < -0.39 is 11.7 Å². The number of ketones is 1. The van der Waals surface area contributed by atoms with E-state index in [-0.39, 0.29) is 17.6 Å². The SMILES string of the molecule is O=C(C[C@@H]1CC[C@H]1c1ccccc1C(F)(F)F)c1ccccc1I. The average Bonchev–Trinajstić information content (AvgIpc) is 2.51. The summed E-state index contributed by atoms with van der Waals surface area (Å²) in [6, 6.07) is 13.1. The maximum absolute atomic E-state index is 13.2. The molecule has 126 valence electrons. The molecule has 1 aliphatic carbocycles. The summed E-state index contributed by atoms with van der Waals surface area (Å²) in [4.78, 5) is 12.5.